The standard InChI is InChI=1S/C19H22BrN3O/c20-16-5-1-4-15-17(8-9-21-18(15)16)23-10-2-3-14(12-23)19(24)22-11-13-6-7-13/h1,4-5,8-9,13-14H,2-3,6-7,10-12H2,(H,22,24). The maximum atomic E-state index is 12.5. The van der Waals surface area contributed by atoms with Crippen molar-refractivity contribution >= 4 is 38.4 Å². The molecule has 1 aromatic heterocycles. The summed E-state index contributed by atoms with van der Waals surface area (Å²) in [5.74, 6) is 1.05. The van der Waals surface area contributed by atoms with E-state index in [2.05, 4.69) is 43.3 Å². The second-order valence-electron chi connectivity index (χ2n) is 6.94. The SMILES string of the molecule is O=C(NCC1CC1)C1CCCN(c2ccnc3c(Br)cccc23)C1. The summed E-state index contributed by atoms with van der Waals surface area (Å²) in [6.07, 6.45) is 6.45. The van der Waals surface area contributed by atoms with Gasteiger partial charge in [0.15, 0.2) is 0 Å². The second-order valence-corrected chi connectivity index (χ2v) is 7.79. The first-order valence-corrected chi connectivity index (χ1v) is 9.57. The molecule has 1 aliphatic heterocycles. The van der Waals surface area contributed by atoms with Crippen LogP contribution in [0.5, 0.6) is 0 Å². The predicted octanol–water partition coefficient (Wildman–Crippen LogP) is 3.74. The molecule has 24 heavy (non-hydrogen) atoms. The first-order valence-electron chi connectivity index (χ1n) is 8.78. The molecule has 2 aliphatic rings. The lowest BCUT2D eigenvalue weighted by atomic mass is 9.96. The lowest BCUT2D eigenvalue weighted by Gasteiger charge is -2.34. The van der Waals surface area contributed by atoms with Crippen molar-refractivity contribution < 1.29 is 4.79 Å². The van der Waals surface area contributed by atoms with Crippen LogP contribution >= 0.6 is 15.9 Å². The van der Waals surface area contributed by atoms with Gasteiger partial charge in [-0.2, -0.15) is 0 Å². The van der Waals surface area contributed by atoms with Crippen molar-refractivity contribution in [2.45, 2.75) is 25.7 Å². The third kappa shape index (κ3) is 3.27. The van der Waals surface area contributed by atoms with E-state index in [0.29, 0.717) is 0 Å². The van der Waals surface area contributed by atoms with Crippen LogP contribution in [0.15, 0.2) is 34.9 Å². The summed E-state index contributed by atoms with van der Waals surface area (Å²) in [5.41, 5.74) is 2.16. The van der Waals surface area contributed by atoms with E-state index < -0.39 is 0 Å². The molecule has 2 fully saturated rings. The Morgan fingerprint density at radius 1 is 1.29 bits per heavy atom. The number of rotatable bonds is 4. The first kappa shape index (κ1) is 15.9. The number of nitrogens with zero attached hydrogens (tertiary/aromatic N) is 2. The van der Waals surface area contributed by atoms with E-state index in [1.165, 1.54) is 18.5 Å². The lowest BCUT2D eigenvalue weighted by molar-refractivity contribution is -0.125. The van der Waals surface area contributed by atoms with Gasteiger partial charge in [0.2, 0.25) is 5.91 Å². The zero-order chi connectivity index (χ0) is 16.5. The van der Waals surface area contributed by atoms with Gasteiger partial charge in [0.25, 0.3) is 0 Å². The van der Waals surface area contributed by atoms with Crippen molar-refractivity contribution in [2.75, 3.05) is 24.5 Å². The van der Waals surface area contributed by atoms with Crippen LogP contribution in [-0.4, -0.2) is 30.5 Å². The maximum Gasteiger partial charge on any atom is 0.224 e. The van der Waals surface area contributed by atoms with Crippen LogP contribution in [-0.2, 0) is 4.79 Å². The molecule has 1 amide bonds. The van der Waals surface area contributed by atoms with E-state index >= 15 is 0 Å². The van der Waals surface area contributed by atoms with Gasteiger partial charge >= 0.3 is 0 Å². The van der Waals surface area contributed by atoms with Crippen molar-refractivity contribution in [3.8, 4) is 0 Å². The fourth-order valence-corrected chi connectivity index (χ4v) is 3.99. The van der Waals surface area contributed by atoms with Gasteiger partial charge in [0, 0.05) is 41.4 Å². The smallest absolute Gasteiger partial charge is 0.224 e. The number of pyridine rings is 1. The molecular formula is C19H22BrN3O. The quantitative estimate of drug-likeness (QED) is 0.868. The van der Waals surface area contributed by atoms with Crippen LogP contribution in [0.2, 0.25) is 0 Å². The van der Waals surface area contributed by atoms with Gasteiger partial charge in [-0.25, -0.2) is 0 Å². The Hall–Kier alpha value is -1.62. The Bertz CT molecular complexity index is 759. The van der Waals surface area contributed by atoms with Crippen LogP contribution in [0, 0.1) is 11.8 Å². The average molecular weight is 388 g/mol. The number of para-hydroxylation sites is 1. The van der Waals surface area contributed by atoms with E-state index in [1.807, 2.05) is 18.3 Å². The van der Waals surface area contributed by atoms with Gasteiger partial charge in [-0.1, -0.05) is 12.1 Å². The normalized spacial score (nSPS) is 21.0. The van der Waals surface area contributed by atoms with Gasteiger partial charge in [-0.05, 0) is 59.7 Å². The molecule has 0 spiro atoms. The van der Waals surface area contributed by atoms with Crippen molar-refractivity contribution in [3.05, 3.63) is 34.9 Å². The lowest BCUT2D eigenvalue weighted by Crippen LogP contribution is -2.43. The molecular weight excluding hydrogens is 366 g/mol. The number of hydrogen-bond donors (Lipinski definition) is 1. The van der Waals surface area contributed by atoms with Gasteiger partial charge in [-0.15, -0.1) is 0 Å². The fraction of sp³-hybridized carbons (Fsp3) is 0.474. The van der Waals surface area contributed by atoms with Crippen LogP contribution in [0.4, 0.5) is 5.69 Å². The van der Waals surface area contributed by atoms with E-state index in [1.54, 1.807) is 0 Å². The van der Waals surface area contributed by atoms with Gasteiger partial charge in [0.05, 0.1) is 11.4 Å². The van der Waals surface area contributed by atoms with Crippen LogP contribution in [0.25, 0.3) is 10.9 Å². The van der Waals surface area contributed by atoms with Crippen molar-refractivity contribution in [1.29, 1.82) is 0 Å². The zero-order valence-corrected chi connectivity index (χ0v) is 15.3. The Morgan fingerprint density at radius 3 is 3.00 bits per heavy atom. The largest absolute Gasteiger partial charge is 0.370 e. The highest BCUT2D eigenvalue weighted by atomic mass is 79.9. The summed E-state index contributed by atoms with van der Waals surface area (Å²) < 4.78 is 1.01. The molecule has 1 N–H and O–H groups in total. The third-order valence-electron chi connectivity index (χ3n) is 5.09. The minimum absolute atomic E-state index is 0.0906. The number of nitrogens with one attached hydrogen (secondary N) is 1. The number of carbonyl (C=O) groups excluding carboxylic acids is 1. The van der Waals surface area contributed by atoms with Crippen LogP contribution in [0.1, 0.15) is 25.7 Å². The Balaban J connectivity index is 1.53. The molecule has 126 valence electrons. The minimum atomic E-state index is 0.0906. The molecule has 1 aliphatic carbocycles. The zero-order valence-electron chi connectivity index (χ0n) is 13.7. The van der Waals surface area contributed by atoms with Gasteiger partial charge in [-0.3, -0.25) is 9.78 Å². The molecule has 1 aromatic carbocycles. The highest BCUT2D eigenvalue weighted by molar-refractivity contribution is 9.10. The van der Waals surface area contributed by atoms with Crippen LogP contribution in [0.3, 0.4) is 0 Å². The topological polar surface area (TPSA) is 45.2 Å². The number of amides is 1. The molecule has 4 rings (SSSR count). The molecule has 1 saturated heterocycles. The number of piperidine rings is 1. The van der Waals surface area contributed by atoms with Gasteiger partial charge in [0.1, 0.15) is 0 Å². The van der Waals surface area contributed by atoms with E-state index in [4.69, 9.17) is 0 Å². The monoisotopic (exact) mass is 387 g/mol. The number of carbonyl (C=O) groups is 1. The molecule has 1 saturated carbocycles. The molecule has 2 aromatic rings. The minimum Gasteiger partial charge on any atom is -0.370 e. The van der Waals surface area contributed by atoms with E-state index in [-0.39, 0.29) is 11.8 Å². The molecule has 1 unspecified atom stereocenters. The third-order valence-corrected chi connectivity index (χ3v) is 5.73. The Morgan fingerprint density at radius 2 is 2.17 bits per heavy atom. The van der Waals surface area contributed by atoms with Gasteiger partial charge < -0.3 is 10.2 Å². The number of fused-ring (bicyclic) bond motifs is 1. The maximum absolute atomic E-state index is 12.5. The highest BCUT2D eigenvalue weighted by Gasteiger charge is 2.28. The Kier molecular flexibility index (Phi) is 4.44. The molecule has 2 heterocycles. The number of halogens is 1. The second kappa shape index (κ2) is 6.71. The van der Waals surface area contributed by atoms with Crippen molar-refractivity contribution in [2.24, 2.45) is 11.8 Å². The molecule has 4 nitrogen and oxygen atoms in total. The summed E-state index contributed by atoms with van der Waals surface area (Å²) in [4.78, 5) is 19.3. The fourth-order valence-electron chi connectivity index (χ4n) is 3.52. The number of hydrogen-bond acceptors (Lipinski definition) is 3. The average Bonchev–Trinajstić information content (AvgIpc) is 3.44. The number of aromatic nitrogens is 1. The summed E-state index contributed by atoms with van der Waals surface area (Å²) in [6.45, 7) is 2.65. The highest BCUT2D eigenvalue weighted by Crippen LogP contribution is 2.32. The summed E-state index contributed by atoms with van der Waals surface area (Å²) >= 11 is 3.58. The summed E-state index contributed by atoms with van der Waals surface area (Å²) in [7, 11) is 0. The summed E-state index contributed by atoms with van der Waals surface area (Å²) in [6, 6.07) is 8.24. The Labute approximate surface area is 150 Å². The molecule has 0 radical (unpaired) electrons. The predicted molar refractivity (Wildman–Crippen MR) is 100 cm³/mol. The molecule has 1 atom stereocenters. The van der Waals surface area contributed by atoms with Crippen LogP contribution < -0.4 is 10.2 Å². The summed E-state index contributed by atoms with van der Waals surface area (Å²) in [5, 5.41) is 4.29. The first-order chi connectivity index (χ1) is 11.7. The number of benzene rings is 1. The van der Waals surface area contributed by atoms with Crippen molar-refractivity contribution in [3.63, 3.8) is 0 Å². The molecule has 0 bridgehead atoms. The molecule has 5 heteroatoms. The van der Waals surface area contributed by atoms with Crippen molar-refractivity contribution in [1.82, 2.24) is 10.3 Å². The van der Waals surface area contributed by atoms with E-state index in [9.17, 15) is 4.79 Å². The number of anilines is 1. The van der Waals surface area contributed by atoms with E-state index in [0.717, 1.165) is 53.8 Å².